The van der Waals surface area contributed by atoms with Gasteiger partial charge in [0.15, 0.2) is 0 Å². The Morgan fingerprint density at radius 2 is 2.20 bits per heavy atom. The number of halogens is 1. The van der Waals surface area contributed by atoms with Gasteiger partial charge in [0.1, 0.15) is 0 Å². The molecule has 0 heterocycles. The van der Waals surface area contributed by atoms with Crippen LogP contribution < -0.4 is 5.32 Å². The summed E-state index contributed by atoms with van der Waals surface area (Å²) in [6.07, 6.45) is 0.0584. The number of hydrogen-bond donors (Lipinski definition) is 2. The molecule has 0 aliphatic heterocycles. The normalized spacial score (nSPS) is 10.6. The number of non-ortho nitro benzene ring substituents is 1. The molecular formula is C12H15ClN2O5. The molecule has 1 aromatic carbocycles. The number of benzene rings is 1. The SMILES string of the molecule is CC(C)OCCNc1c(Cl)cc([N+](=O)[O-])cc1C(=O)O. The third kappa shape index (κ3) is 4.36. The van der Waals surface area contributed by atoms with Crippen molar-refractivity contribution in [2.24, 2.45) is 0 Å². The van der Waals surface area contributed by atoms with Crippen molar-refractivity contribution in [1.29, 1.82) is 0 Å². The van der Waals surface area contributed by atoms with E-state index in [1.165, 1.54) is 0 Å². The van der Waals surface area contributed by atoms with E-state index in [2.05, 4.69) is 5.32 Å². The maximum absolute atomic E-state index is 11.1. The van der Waals surface area contributed by atoms with Crippen molar-refractivity contribution >= 4 is 28.9 Å². The first-order valence-corrected chi connectivity index (χ1v) is 6.27. The van der Waals surface area contributed by atoms with Crippen LogP contribution >= 0.6 is 11.6 Å². The molecule has 1 aromatic rings. The molecule has 0 radical (unpaired) electrons. The summed E-state index contributed by atoms with van der Waals surface area (Å²) < 4.78 is 5.30. The van der Waals surface area contributed by atoms with Gasteiger partial charge in [0.2, 0.25) is 0 Å². The van der Waals surface area contributed by atoms with Crippen LogP contribution in [-0.2, 0) is 4.74 Å². The molecule has 110 valence electrons. The Labute approximate surface area is 120 Å². The Bertz CT molecular complexity index is 519. The average molecular weight is 303 g/mol. The molecule has 2 N–H and O–H groups in total. The zero-order valence-electron chi connectivity index (χ0n) is 11.1. The molecule has 0 aliphatic rings. The summed E-state index contributed by atoms with van der Waals surface area (Å²) in [7, 11) is 0. The molecule has 8 heteroatoms. The molecule has 0 saturated heterocycles. The Morgan fingerprint density at radius 1 is 1.55 bits per heavy atom. The van der Waals surface area contributed by atoms with E-state index in [-0.39, 0.29) is 28.1 Å². The van der Waals surface area contributed by atoms with Gasteiger partial charge in [-0.25, -0.2) is 4.79 Å². The number of carboxylic acid groups (broad SMARTS) is 1. The van der Waals surface area contributed by atoms with Gasteiger partial charge >= 0.3 is 5.97 Å². The van der Waals surface area contributed by atoms with Gasteiger partial charge in [-0.05, 0) is 13.8 Å². The Hall–Kier alpha value is -1.86. The number of hydrogen-bond acceptors (Lipinski definition) is 5. The van der Waals surface area contributed by atoms with Crippen LogP contribution in [0.2, 0.25) is 5.02 Å². The molecule has 0 amide bonds. The van der Waals surface area contributed by atoms with Crippen LogP contribution in [0.1, 0.15) is 24.2 Å². The summed E-state index contributed by atoms with van der Waals surface area (Å²) in [5, 5.41) is 22.6. The molecule has 0 saturated carbocycles. The summed E-state index contributed by atoms with van der Waals surface area (Å²) in [5.41, 5.74) is -0.456. The number of carboxylic acids is 1. The first-order chi connectivity index (χ1) is 9.32. The fourth-order valence-corrected chi connectivity index (χ4v) is 1.80. The van der Waals surface area contributed by atoms with Gasteiger partial charge in [-0.15, -0.1) is 0 Å². The summed E-state index contributed by atoms with van der Waals surface area (Å²) in [4.78, 5) is 21.1. The van der Waals surface area contributed by atoms with E-state index in [9.17, 15) is 14.9 Å². The van der Waals surface area contributed by atoms with Crippen LogP contribution in [0.15, 0.2) is 12.1 Å². The molecule has 0 aromatic heterocycles. The number of nitrogens with zero attached hydrogens (tertiary/aromatic N) is 1. The van der Waals surface area contributed by atoms with Crippen molar-refractivity contribution in [3.05, 3.63) is 32.8 Å². The lowest BCUT2D eigenvalue weighted by Crippen LogP contribution is -2.15. The number of rotatable bonds is 7. The molecule has 0 bridgehead atoms. The first-order valence-electron chi connectivity index (χ1n) is 5.89. The third-order valence-electron chi connectivity index (χ3n) is 2.37. The predicted molar refractivity (Wildman–Crippen MR) is 74.6 cm³/mol. The highest BCUT2D eigenvalue weighted by molar-refractivity contribution is 6.34. The maximum atomic E-state index is 11.1. The molecule has 0 spiro atoms. The Morgan fingerprint density at radius 3 is 2.70 bits per heavy atom. The van der Waals surface area contributed by atoms with E-state index < -0.39 is 10.9 Å². The molecule has 0 fully saturated rings. The van der Waals surface area contributed by atoms with Gasteiger partial charge in [-0.3, -0.25) is 10.1 Å². The highest BCUT2D eigenvalue weighted by Gasteiger charge is 2.19. The molecule has 1 rings (SSSR count). The van der Waals surface area contributed by atoms with Gasteiger partial charge in [0.05, 0.1) is 33.9 Å². The number of nitrogens with one attached hydrogen (secondary N) is 1. The number of anilines is 1. The van der Waals surface area contributed by atoms with E-state index in [4.69, 9.17) is 21.4 Å². The van der Waals surface area contributed by atoms with Gasteiger partial charge in [0.25, 0.3) is 5.69 Å². The molecule has 0 atom stereocenters. The fraction of sp³-hybridized carbons (Fsp3) is 0.417. The lowest BCUT2D eigenvalue weighted by Gasteiger charge is -2.13. The van der Waals surface area contributed by atoms with E-state index in [1.807, 2.05) is 13.8 Å². The second-order valence-corrected chi connectivity index (χ2v) is 4.67. The van der Waals surface area contributed by atoms with Gasteiger partial charge in [0, 0.05) is 18.7 Å². The van der Waals surface area contributed by atoms with Crippen molar-refractivity contribution in [1.82, 2.24) is 0 Å². The zero-order valence-corrected chi connectivity index (χ0v) is 11.8. The van der Waals surface area contributed by atoms with E-state index in [1.54, 1.807) is 0 Å². The van der Waals surface area contributed by atoms with Crippen molar-refractivity contribution in [2.75, 3.05) is 18.5 Å². The van der Waals surface area contributed by atoms with Gasteiger partial charge in [-0.2, -0.15) is 0 Å². The smallest absolute Gasteiger partial charge is 0.338 e. The minimum Gasteiger partial charge on any atom is -0.478 e. The van der Waals surface area contributed by atoms with E-state index >= 15 is 0 Å². The van der Waals surface area contributed by atoms with Crippen LogP contribution in [-0.4, -0.2) is 35.3 Å². The highest BCUT2D eigenvalue weighted by Crippen LogP contribution is 2.31. The van der Waals surface area contributed by atoms with Crippen molar-refractivity contribution in [2.45, 2.75) is 20.0 Å². The van der Waals surface area contributed by atoms with Crippen LogP contribution in [0.5, 0.6) is 0 Å². The van der Waals surface area contributed by atoms with E-state index in [0.29, 0.717) is 13.2 Å². The summed E-state index contributed by atoms with van der Waals surface area (Å²) in [5.74, 6) is -1.29. The van der Waals surface area contributed by atoms with Gasteiger partial charge < -0.3 is 15.2 Å². The summed E-state index contributed by atoms with van der Waals surface area (Å²) >= 11 is 5.89. The lowest BCUT2D eigenvalue weighted by atomic mass is 10.1. The quantitative estimate of drug-likeness (QED) is 0.456. The van der Waals surface area contributed by atoms with Crippen molar-refractivity contribution < 1.29 is 19.6 Å². The van der Waals surface area contributed by atoms with Crippen LogP contribution in [0.25, 0.3) is 0 Å². The first kappa shape index (κ1) is 16.2. The number of nitro benzene ring substituents is 1. The lowest BCUT2D eigenvalue weighted by molar-refractivity contribution is -0.384. The summed E-state index contributed by atoms with van der Waals surface area (Å²) in [6, 6.07) is 2.08. The number of ether oxygens (including phenoxy) is 1. The molecule has 7 nitrogen and oxygen atoms in total. The monoisotopic (exact) mass is 302 g/mol. The molecular weight excluding hydrogens is 288 g/mol. The Balaban J connectivity index is 2.94. The second-order valence-electron chi connectivity index (χ2n) is 4.26. The summed E-state index contributed by atoms with van der Waals surface area (Å²) in [6.45, 7) is 4.46. The number of aromatic carboxylic acids is 1. The standard InChI is InChI=1S/C12H15ClN2O5/c1-7(2)20-4-3-14-11-9(12(16)17)5-8(15(18)19)6-10(11)13/h5-7,14H,3-4H2,1-2H3,(H,16,17). The molecule has 20 heavy (non-hydrogen) atoms. The predicted octanol–water partition coefficient (Wildman–Crippen LogP) is 2.78. The topological polar surface area (TPSA) is 102 Å². The number of nitro groups is 1. The molecule has 0 unspecified atom stereocenters. The maximum Gasteiger partial charge on any atom is 0.338 e. The van der Waals surface area contributed by atoms with Crippen LogP contribution in [0.3, 0.4) is 0 Å². The Kier molecular flexibility index (Phi) is 5.72. The average Bonchev–Trinajstić information content (AvgIpc) is 2.34. The van der Waals surface area contributed by atoms with Crippen molar-refractivity contribution in [3.63, 3.8) is 0 Å². The minimum atomic E-state index is -1.29. The van der Waals surface area contributed by atoms with Crippen molar-refractivity contribution in [3.8, 4) is 0 Å². The highest BCUT2D eigenvalue weighted by atomic mass is 35.5. The molecule has 0 aliphatic carbocycles. The number of carbonyl (C=O) groups is 1. The third-order valence-corrected chi connectivity index (χ3v) is 2.67. The van der Waals surface area contributed by atoms with Gasteiger partial charge in [-0.1, -0.05) is 11.6 Å². The van der Waals surface area contributed by atoms with Crippen LogP contribution in [0, 0.1) is 10.1 Å². The second kappa shape index (κ2) is 7.06. The van der Waals surface area contributed by atoms with Crippen LogP contribution in [0.4, 0.5) is 11.4 Å². The minimum absolute atomic E-state index is 0.0128. The van der Waals surface area contributed by atoms with E-state index in [0.717, 1.165) is 12.1 Å². The largest absolute Gasteiger partial charge is 0.478 e. The fourth-order valence-electron chi connectivity index (χ4n) is 1.52. The zero-order chi connectivity index (χ0) is 15.3.